The third kappa shape index (κ3) is 3.68. The molecule has 19 heavy (non-hydrogen) atoms. The maximum Gasteiger partial charge on any atom is 0.238 e. The SMILES string of the molecule is CCNC(=O)C1CNCCN1C1CCOC(CC)C1. The van der Waals surface area contributed by atoms with Gasteiger partial charge in [0.05, 0.1) is 6.10 Å². The quantitative estimate of drug-likeness (QED) is 0.773. The molecule has 0 aromatic carbocycles. The van der Waals surface area contributed by atoms with E-state index in [2.05, 4.69) is 22.5 Å². The summed E-state index contributed by atoms with van der Waals surface area (Å²) in [7, 11) is 0. The van der Waals surface area contributed by atoms with Crippen LogP contribution in [0, 0.1) is 0 Å². The van der Waals surface area contributed by atoms with Crippen LogP contribution < -0.4 is 10.6 Å². The van der Waals surface area contributed by atoms with E-state index < -0.39 is 0 Å². The molecule has 0 aromatic heterocycles. The zero-order chi connectivity index (χ0) is 13.7. The van der Waals surface area contributed by atoms with Crippen LogP contribution >= 0.6 is 0 Å². The molecule has 2 saturated heterocycles. The molecule has 3 unspecified atom stereocenters. The van der Waals surface area contributed by atoms with Crippen LogP contribution in [0.4, 0.5) is 0 Å². The lowest BCUT2D eigenvalue weighted by molar-refractivity contribution is -0.130. The molecule has 2 N–H and O–H groups in total. The molecule has 0 saturated carbocycles. The lowest BCUT2D eigenvalue weighted by Crippen LogP contribution is -2.61. The Bertz CT molecular complexity index is 298. The number of ether oxygens (including phenoxy) is 1. The van der Waals surface area contributed by atoms with Crippen molar-refractivity contribution in [1.82, 2.24) is 15.5 Å². The van der Waals surface area contributed by atoms with E-state index in [0.29, 0.717) is 18.7 Å². The topological polar surface area (TPSA) is 53.6 Å². The number of carbonyl (C=O) groups excluding carboxylic acids is 1. The Kier molecular flexibility index (Phi) is 5.60. The lowest BCUT2D eigenvalue weighted by atomic mass is 9.97. The van der Waals surface area contributed by atoms with Crippen molar-refractivity contribution < 1.29 is 9.53 Å². The molecule has 0 radical (unpaired) electrons. The van der Waals surface area contributed by atoms with Crippen LogP contribution in [0.3, 0.4) is 0 Å². The molecule has 0 spiro atoms. The summed E-state index contributed by atoms with van der Waals surface area (Å²) in [5.74, 6) is 0.161. The first-order valence-corrected chi connectivity index (χ1v) is 7.62. The number of nitrogens with one attached hydrogen (secondary N) is 2. The molecule has 2 aliphatic rings. The Hall–Kier alpha value is -0.650. The molecule has 1 amide bonds. The molecule has 2 fully saturated rings. The van der Waals surface area contributed by atoms with Crippen molar-refractivity contribution in [3.05, 3.63) is 0 Å². The zero-order valence-electron chi connectivity index (χ0n) is 12.2. The Balaban J connectivity index is 2.00. The number of rotatable bonds is 4. The van der Waals surface area contributed by atoms with E-state index in [4.69, 9.17) is 4.74 Å². The van der Waals surface area contributed by atoms with Gasteiger partial charge in [0.2, 0.25) is 5.91 Å². The van der Waals surface area contributed by atoms with Crippen molar-refractivity contribution in [3.8, 4) is 0 Å². The van der Waals surface area contributed by atoms with Crippen molar-refractivity contribution in [3.63, 3.8) is 0 Å². The van der Waals surface area contributed by atoms with Crippen molar-refractivity contribution >= 4 is 5.91 Å². The predicted molar refractivity (Wildman–Crippen MR) is 75.1 cm³/mol. The molecule has 3 atom stereocenters. The minimum atomic E-state index is -0.0192. The average Bonchev–Trinajstić information content (AvgIpc) is 2.47. The van der Waals surface area contributed by atoms with Crippen LogP contribution in [0.25, 0.3) is 0 Å². The molecule has 110 valence electrons. The highest BCUT2D eigenvalue weighted by Gasteiger charge is 2.35. The smallest absolute Gasteiger partial charge is 0.238 e. The van der Waals surface area contributed by atoms with Gasteiger partial charge in [0, 0.05) is 38.8 Å². The Morgan fingerprint density at radius 1 is 1.47 bits per heavy atom. The van der Waals surface area contributed by atoms with E-state index in [1.54, 1.807) is 0 Å². The van der Waals surface area contributed by atoms with Gasteiger partial charge < -0.3 is 15.4 Å². The number of likely N-dealkylation sites (N-methyl/N-ethyl adjacent to an activating group) is 1. The van der Waals surface area contributed by atoms with E-state index in [1.165, 1.54) is 0 Å². The number of hydrogen-bond acceptors (Lipinski definition) is 4. The maximum atomic E-state index is 12.2. The normalized spacial score (nSPS) is 33.1. The van der Waals surface area contributed by atoms with Crippen LogP contribution in [0.5, 0.6) is 0 Å². The largest absolute Gasteiger partial charge is 0.378 e. The molecule has 2 heterocycles. The van der Waals surface area contributed by atoms with E-state index in [0.717, 1.165) is 45.5 Å². The highest BCUT2D eigenvalue weighted by Crippen LogP contribution is 2.23. The first-order valence-electron chi connectivity index (χ1n) is 7.62. The molecule has 0 aromatic rings. The molecule has 0 aliphatic carbocycles. The molecule has 0 bridgehead atoms. The summed E-state index contributed by atoms with van der Waals surface area (Å²) < 4.78 is 5.75. The summed E-state index contributed by atoms with van der Waals surface area (Å²) in [6, 6.07) is 0.475. The van der Waals surface area contributed by atoms with Gasteiger partial charge in [0.1, 0.15) is 6.04 Å². The van der Waals surface area contributed by atoms with Gasteiger partial charge in [-0.25, -0.2) is 0 Å². The molecular formula is C14H27N3O2. The molecule has 2 aliphatic heterocycles. The van der Waals surface area contributed by atoms with Crippen molar-refractivity contribution in [2.24, 2.45) is 0 Å². The van der Waals surface area contributed by atoms with Crippen molar-refractivity contribution in [2.45, 2.75) is 51.3 Å². The highest BCUT2D eigenvalue weighted by atomic mass is 16.5. The molecular weight excluding hydrogens is 242 g/mol. The van der Waals surface area contributed by atoms with Gasteiger partial charge in [-0.2, -0.15) is 0 Å². The average molecular weight is 269 g/mol. The fourth-order valence-electron chi connectivity index (χ4n) is 3.14. The molecule has 2 rings (SSSR count). The Morgan fingerprint density at radius 2 is 2.32 bits per heavy atom. The van der Waals surface area contributed by atoms with Gasteiger partial charge in [-0.15, -0.1) is 0 Å². The Morgan fingerprint density at radius 3 is 3.05 bits per heavy atom. The van der Waals surface area contributed by atoms with Crippen LogP contribution in [0.1, 0.15) is 33.1 Å². The van der Waals surface area contributed by atoms with Gasteiger partial charge >= 0.3 is 0 Å². The summed E-state index contributed by atoms with van der Waals surface area (Å²) in [6.07, 6.45) is 3.54. The van der Waals surface area contributed by atoms with E-state index in [9.17, 15) is 4.79 Å². The summed E-state index contributed by atoms with van der Waals surface area (Å²) in [6.45, 7) is 8.38. The van der Waals surface area contributed by atoms with Crippen LogP contribution in [-0.2, 0) is 9.53 Å². The van der Waals surface area contributed by atoms with E-state index in [1.807, 2.05) is 6.92 Å². The third-order valence-corrected chi connectivity index (χ3v) is 4.20. The number of nitrogens with zero attached hydrogens (tertiary/aromatic N) is 1. The van der Waals surface area contributed by atoms with Gasteiger partial charge in [-0.05, 0) is 26.2 Å². The van der Waals surface area contributed by atoms with Gasteiger partial charge in [0.25, 0.3) is 0 Å². The number of piperazine rings is 1. The first kappa shape index (κ1) is 14.8. The highest BCUT2D eigenvalue weighted by molar-refractivity contribution is 5.82. The van der Waals surface area contributed by atoms with E-state index in [-0.39, 0.29) is 11.9 Å². The van der Waals surface area contributed by atoms with Crippen LogP contribution in [-0.4, -0.2) is 61.8 Å². The number of hydrogen-bond donors (Lipinski definition) is 2. The first-order chi connectivity index (χ1) is 9.26. The second-order valence-electron chi connectivity index (χ2n) is 5.43. The monoisotopic (exact) mass is 269 g/mol. The van der Waals surface area contributed by atoms with Gasteiger partial charge in [0.15, 0.2) is 0 Å². The van der Waals surface area contributed by atoms with E-state index >= 15 is 0 Å². The fraction of sp³-hybridized carbons (Fsp3) is 0.929. The number of carbonyl (C=O) groups is 1. The third-order valence-electron chi connectivity index (χ3n) is 4.20. The van der Waals surface area contributed by atoms with Gasteiger partial charge in [-0.1, -0.05) is 6.92 Å². The number of amides is 1. The van der Waals surface area contributed by atoms with Crippen molar-refractivity contribution in [2.75, 3.05) is 32.8 Å². The summed E-state index contributed by atoms with van der Waals surface area (Å²) in [5, 5.41) is 6.29. The minimum absolute atomic E-state index is 0.0192. The van der Waals surface area contributed by atoms with Crippen LogP contribution in [0.2, 0.25) is 0 Å². The lowest BCUT2D eigenvalue weighted by Gasteiger charge is -2.43. The van der Waals surface area contributed by atoms with Crippen LogP contribution in [0.15, 0.2) is 0 Å². The second-order valence-corrected chi connectivity index (χ2v) is 5.43. The standard InChI is InChI=1S/C14H27N3O2/c1-3-12-9-11(5-8-19-12)17-7-6-15-10-13(17)14(18)16-4-2/h11-13,15H,3-10H2,1-2H3,(H,16,18). The second kappa shape index (κ2) is 7.22. The minimum Gasteiger partial charge on any atom is -0.378 e. The predicted octanol–water partition coefficient (Wildman–Crippen LogP) is 0.354. The van der Waals surface area contributed by atoms with Gasteiger partial charge in [-0.3, -0.25) is 9.69 Å². The zero-order valence-corrected chi connectivity index (χ0v) is 12.2. The summed E-state index contributed by atoms with van der Waals surface area (Å²) in [4.78, 5) is 14.6. The Labute approximate surface area is 116 Å². The maximum absolute atomic E-state index is 12.2. The fourth-order valence-corrected chi connectivity index (χ4v) is 3.14. The summed E-state index contributed by atoms with van der Waals surface area (Å²) in [5.41, 5.74) is 0. The van der Waals surface area contributed by atoms with Crippen molar-refractivity contribution in [1.29, 1.82) is 0 Å². The summed E-state index contributed by atoms with van der Waals surface area (Å²) >= 11 is 0. The molecule has 5 heteroatoms. The molecule has 5 nitrogen and oxygen atoms in total.